The molecular weight excluding hydrogens is 256 g/mol. The lowest BCUT2D eigenvalue weighted by molar-refractivity contribution is -0.165. The number of halogens is 5. The van der Waals surface area contributed by atoms with E-state index in [0.717, 1.165) is 11.8 Å². The number of unbranched alkanes of at least 4 members (excludes halogenated alkanes) is 1. The summed E-state index contributed by atoms with van der Waals surface area (Å²) in [6, 6.07) is 0. The molecule has 0 rings (SSSR count). The first kappa shape index (κ1) is 13.2. The second-order valence-electron chi connectivity index (χ2n) is 2.51. The minimum Gasteiger partial charge on any atom is -0.375 e. The van der Waals surface area contributed by atoms with E-state index in [9.17, 15) is 17.6 Å². The first-order chi connectivity index (χ1) is 6.00. The Morgan fingerprint density at radius 3 is 2.31 bits per heavy atom. The molecule has 0 aromatic carbocycles. The Labute approximate surface area is 82.6 Å². The molecule has 0 aromatic rings. The summed E-state index contributed by atoms with van der Waals surface area (Å²) in [4.78, 5) is 0. The molecule has 0 spiro atoms. The second-order valence-corrected chi connectivity index (χ2v) is 3.30. The minimum absolute atomic E-state index is 0.0912. The molecule has 0 N–H and O–H groups in total. The van der Waals surface area contributed by atoms with Gasteiger partial charge in [0.2, 0.25) is 0 Å². The standard InChI is InChI=1S/C7H11BrF4O/c8-3-1-2-4-13-5-7(11,12)6(9)10/h6H,1-5H2. The molecule has 13 heavy (non-hydrogen) atoms. The summed E-state index contributed by atoms with van der Waals surface area (Å²) in [5.74, 6) is -4.02. The molecule has 0 radical (unpaired) electrons. The molecule has 0 aromatic heterocycles. The van der Waals surface area contributed by atoms with Gasteiger partial charge < -0.3 is 4.74 Å². The second kappa shape index (κ2) is 6.59. The fourth-order valence-electron chi connectivity index (χ4n) is 0.570. The molecule has 0 saturated carbocycles. The maximum absolute atomic E-state index is 12.2. The highest BCUT2D eigenvalue weighted by Crippen LogP contribution is 2.22. The van der Waals surface area contributed by atoms with Crippen molar-refractivity contribution in [2.45, 2.75) is 25.2 Å². The van der Waals surface area contributed by atoms with Crippen LogP contribution in [-0.2, 0) is 4.74 Å². The van der Waals surface area contributed by atoms with E-state index in [-0.39, 0.29) is 6.61 Å². The van der Waals surface area contributed by atoms with Gasteiger partial charge in [-0.25, -0.2) is 8.78 Å². The lowest BCUT2D eigenvalue weighted by Gasteiger charge is -2.14. The highest BCUT2D eigenvalue weighted by atomic mass is 79.9. The van der Waals surface area contributed by atoms with Crippen molar-refractivity contribution >= 4 is 15.9 Å². The third kappa shape index (κ3) is 6.26. The summed E-state index contributed by atoms with van der Waals surface area (Å²) in [7, 11) is 0. The molecule has 0 unspecified atom stereocenters. The molecule has 0 atom stereocenters. The van der Waals surface area contributed by atoms with Crippen molar-refractivity contribution in [3.63, 3.8) is 0 Å². The van der Waals surface area contributed by atoms with Crippen LogP contribution in [0, 0.1) is 0 Å². The van der Waals surface area contributed by atoms with Gasteiger partial charge in [-0.1, -0.05) is 15.9 Å². The first-order valence-electron chi connectivity index (χ1n) is 3.80. The molecule has 6 heteroatoms. The molecule has 80 valence electrons. The van der Waals surface area contributed by atoms with Gasteiger partial charge in [0.1, 0.15) is 6.61 Å². The Kier molecular flexibility index (Phi) is 6.67. The highest BCUT2D eigenvalue weighted by molar-refractivity contribution is 9.09. The van der Waals surface area contributed by atoms with Gasteiger partial charge in [-0.15, -0.1) is 0 Å². The van der Waals surface area contributed by atoms with Crippen molar-refractivity contribution in [3.8, 4) is 0 Å². The number of hydrogen-bond donors (Lipinski definition) is 0. The Hall–Kier alpha value is 0.160. The average Bonchev–Trinajstić information content (AvgIpc) is 2.03. The number of alkyl halides is 5. The fraction of sp³-hybridized carbons (Fsp3) is 1.00. The summed E-state index contributed by atoms with van der Waals surface area (Å²) < 4.78 is 51.9. The predicted octanol–water partition coefficient (Wildman–Crippen LogP) is 3.08. The van der Waals surface area contributed by atoms with E-state index in [1.54, 1.807) is 0 Å². The molecule has 0 heterocycles. The van der Waals surface area contributed by atoms with Crippen LogP contribution < -0.4 is 0 Å². The van der Waals surface area contributed by atoms with E-state index in [2.05, 4.69) is 20.7 Å². The van der Waals surface area contributed by atoms with Gasteiger partial charge in [-0.05, 0) is 12.8 Å². The van der Waals surface area contributed by atoms with Crippen molar-refractivity contribution in [1.82, 2.24) is 0 Å². The third-order valence-electron chi connectivity index (χ3n) is 1.29. The minimum atomic E-state index is -4.02. The Morgan fingerprint density at radius 1 is 1.23 bits per heavy atom. The Balaban J connectivity index is 3.41. The lowest BCUT2D eigenvalue weighted by Crippen LogP contribution is -2.32. The molecule has 1 nitrogen and oxygen atoms in total. The number of hydrogen-bond acceptors (Lipinski definition) is 1. The smallest absolute Gasteiger partial charge is 0.330 e. The molecule has 0 amide bonds. The third-order valence-corrected chi connectivity index (χ3v) is 1.85. The predicted molar refractivity (Wildman–Crippen MR) is 44.8 cm³/mol. The van der Waals surface area contributed by atoms with E-state index >= 15 is 0 Å². The summed E-state index contributed by atoms with van der Waals surface area (Å²) >= 11 is 3.14. The SMILES string of the molecule is FC(F)C(F)(F)COCCCCBr. The van der Waals surface area contributed by atoms with Gasteiger partial charge in [-0.3, -0.25) is 0 Å². The van der Waals surface area contributed by atoms with Crippen molar-refractivity contribution in [2.24, 2.45) is 0 Å². The Morgan fingerprint density at radius 2 is 1.85 bits per heavy atom. The topological polar surface area (TPSA) is 9.23 Å². The molecule has 0 fully saturated rings. The van der Waals surface area contributed by atoms with Gasteiger partial charge in [-0.2, -0.15) is 8.78 Å². The van der Waals surface area contributed by atoms with Crippen LogP contribution >= 0.6 is 15.9 Å². The molecule has 0 aliphatic carbocycles. The molecule has 0 bridgehead atoms. The van der Waals surface area contributed by atoms with E-state index in [1.165, 1.54) is 0 Å². The monoisotopic (exact) mass is 266 g/mol. The fourth-order valence-corrected chi connectivity index (χ4v) is 0.966. The van der Waals surface area contributed by atoms with E-state index in [1.807, 2.05) is 0 Å². The molecule has 0 aliphatic rings. The zero-order valence-corrected chi connectivity index (χ0v) is 8.50. The zero-order valence-electron chi connectivity index (χ0n) is 6.91. The van der Waals surface area contributed by atoms with E-state index < -0.39 is 19.0 Å². The van der Waals surface area contributed by atoms with Crippen LogP contribution in [0.2, 0.25) is 0 Å². The number of rotatable bonds is 7. The van der Waals surface area contributed by atoms with Gasteiger partial charge in [0.25, 0.3) is 0 Å². The largest absolute Gasteiger partial charge is 0.375 e. The van der Waals surface area contributed by atoms with Crippen LogP contribution in [0.5, 0.6) is 0 Å². The normalized spacial score (nSPS) is 12.5. The van der Waals surface area contributed by atoms with Crippen LogP contribution in [0.15, 0.2) is 0 Å². The van der Waals surface area contributed by atoms with Gasteiger partial charge in [0.05, 0.1) is 0 Å². The van der Waals surface area contributed by atoms with Crippen molar-refractivity contribution in [1.29, 1.82) is 0 Å². The van der Waals surface area contributed by atoms with Gasteiger partial charge in [0, 0.05) is 11.9 Å². The van der Waals surface area contributed by atoms with Crippen LogP contribution in [0.3, 0.4) is 0 Å². The Bertz CT molecular complexity index is 132. The molecular formula is C7H11BrF4O. The summed E-state index contributed by atoms with van der Waals surface area (Å²) in [5.41, 5.74) is 0. The maximum Gasteiger partial charge on any atom is 0.330 e. The first-order valence-corrected chi connectivity index (χ1v) is 4.92. The highest BCUT2D eigenvalue weighted by Gasteiger charge is 2.40. The van der Waals surface area contributed by atoms with Crippen LogP contribution in [-0.4, -0.2) is 30.9 Å². The quantitative estimate of drug-likeness (QED) is 0.391. The van der Waals surface area contributed by atoms with Gasteiger partial charge >= 0.3 is 12.3 Å². The molecule has 0 saturated heterocycles. The van der Waals surface area contributed by atoms with Crippen molar-refractivity contribution in [3.05, 3.63) is 0 Å². The lowest BCUT2D eigenvalue weighted by atomic mass is 10.3. The van der Waals surface area contributed by atoms with Crippen LogP contribution in [0.4, 0.5) is 17.6 Å². The van der Waals surface area contributed by atoms with E-state index in [4.69, 9.17) is 0 Å². The van der Waals surface area contributed by atoms with Crippen molar-refractivity contribution in [2.75, 3.05) is 18.5 Å². The summed E-state index contributed by atoms with van der Waals surface area (Å²) in [5, 5.41) is 0.752. The van der Waals surface area contributed by atoms with Crippen LogP contribution in [0.25, 0.3) is 0 Å². The average molecular weight is 267 g/mol. The maximum atomic E-state index is 12.2. The van der Waals surface area contributed by atoms with Crippen LogP contribution in [0.1, 0.15) is 12.8 Å². The van der Waals surface area contributed by atoms with E-state index in [0.29, 0.717) is 6.42 Å². The summed E-state index contributed by atoms with van der Waals surface area (Å²) in [6.45, 7) is -1.11. The molecule has 0 aliphatic heterocycles. The van der Waals surface area contributed by atoms with Gasteiger partial charge in [0.15, 0.2) is 0 Å². The zero-order chi connectivity index (χ0) is 10.3. The number of ether oxygens (including phenoxy) is 1. The van der Waals surface area contributed by atoms with Crippen molar-refractivity contribution < 1.29 is 22.3 Å². The summed E-state index contributed by atoms with van der Waals surface area (Å²) in [6.07, 6.45) is -2.28.